The number of ether oxygens (including phenoxy) is 1. The normalized spacial score (nSPS) is 10.6. The van der Waals surface area contributed by atoms with Crippen LogP contribution in [-0.2, 0) is 12.8 Å². The number of methoxy groups -OCH3 is 1. The van der Waals surface area contributed by atoms with Gasteiger partial charge in [0.1, 0.15) is 5.75 Å². The molecule has 0 atom stereocenters. The van der Waals surface area contributed by atoms with Gasteiger partial charge in [0, 0.05) is 12.0 Å². The fourth-order valence-corrected chi connectivity index (χ4v) is 2.48. The molecule has 1 N–H and O–H groups in total. The van der Waals surface area contributed by atoms with E-state index in [2.05, 4.69) is 9.97 Å². The van der Waals surface area contributed by atoms with Crippen molar-refractivity contribution in [2.75, 3.05) is 13.4 Å². The predicted octanol–water partition coefficient (Wildman–Crippen LogP) is 2.65. The third-order valence-corrected chi connectivity index (χ3v) is 3.70. The van der Waals surface area contributed by atoms with Crippen LogP contribution in [0.25, 0.3) is 0 Å². The zero-order valence-corrected chi connectivity index (χ0v) is 12.7. The monoisotopic (exact) mass is 290 g/mol. The van der Waals surface area contributed by atoms with E-state index < -0.39 is 0 Å². The third-order valence-electron chi connectivity index (χ3n) is 3.12. The van der Waals surface area contributed by atoms with Gasteiger partial charge < -0.3 is 9.72 Å². The molecule has 0 unspecified atom stereocenters. The van der Waals surface area contributed by atoms with Gasteiger partial charge in [0.25, 0.3) is 5.56 Å². The minimum Gasteiger partial charge on any atom is -0.497 e. The van der Waals surface area contributed by atoms with Gasteiger partial charge in [0.15, 0.2) is 5.16 Å². The van der Waals surface area contributed by atoms with Crippen LogP contribution in [0.2, 0.25) is 0 Å². The summed E-state index contributed by atoms with van der Waals surface area (Å²) in [5.74, 6) is 0.797. The molecule has 5 heteroatoms. The first-order valence-corrected chi connectivity index (χ1v) is 7.69. The lowest BCUT2D eigenvalue weighted by Crippen LogP contribution is -2.18. The van der Waals surface area contributed by atoms with Gasteiger partial charge in [-0.05, 0) is 30.4 Å². The molecular weight excluding hydrogens is 272 g/mol. The number of aromatic amines is 1. The maximum atomic E-state index is 12.2. The van der Waals surface area contributed by atoms with Gasteiger partial charge in [-0.1, -0.05) is 30.8 Å². The van der Waals surface area contributed by atoms with E-state index in [4.69, 9.17) is 4.74 Å². The number of nitrogens with one attached hydrogen (secondary N) is 1. The summed E-state index contributed by atoms with van der Waals surface area (Å²) in [5.41, 5.74) is 2.59. The van der Waals surface area contributed by atoms with Crippen LogP contribution in [0.5, 0.6) is 5.75 Å². The van der Waals surface area contributed by atoms with E-state index in [0.717, 1.165) is 29.0 Å². The minimum atomic E-state index is -0.0518. The lowest BCUT2D eigenvalue weighted by Gasteiger charge is -2.09. The Morgan fingerprint density at radius 1 is 1.40 bits per heavy atom. The van der Waals surface area contributed by atoms with Crippen LogP contribution < -0.4 is 10.3 Å². The summed E-state index contributed by atoms with van der Waals surface area (Å²) >= 11 is 1.45. The molecule has 0 amide bonds. The highest BCUT2D eigenvalue weighted by atomic mass is 32.2. The molecule has 20 heavy (non-hydrogen) atoms. The molecule has 0 spiro atoms. The van der Waals surface area contributed by atoms with Gasteiger partial charge in [-0.15, -0.1) is 0 Å². The van der Waals surface area contributed by atoms with Gasteiger partial charge in [-0.2, -0.15) is 0 Å². The summed E-state index contributed by atoms with van der Waals surface area (Å²) in [6.45, 7) is 2.01. The highest BCUT2D eigenvalue weighted by Crippen LogP contribution is 2.17. The molecule has 106 valence electrons. The van der Waals surface area contributed by atoms with Crippen molar-refractivity contribution in [1.82, 2.24) is 9.97 Å². The number of nitrogens with zero attached hydrogens (tertiary/aromatic N) is 1. The fourth-order valence-electron chi connectivity index (χ4n) is 2.08. The SMILES string of the molecule is CCc1nc(SC)[nH]c(=O)c1Cc1cccc(OC)c1. The summed E-state index contributed by atoms with van der Waals surface area (Å²) in [7, 11) is 1.64. The number of rotatable bonds is 5. The molecule has 0 saturated heterocycles. The second-order valence-electron chi connectivity index (χ2n) is 4.38. The van der Waals surface area contributed by atoms with Gasteiger partial charge in [-0.25, -0.2) is 4.98 Å². The molecule has 0 bridgehead atoms. The highest BCUT2D eigenvalue weighted by Gasteiger charge is 2.11. The molecule has 1 heterocycles. The Hall–Kier alpha value is -1.75. The molecule has 2 aromatic rings. The lowest BCUT2D eigenvalue weighted by molar-refractivity contribution is 0.414. The van der Waals surface area contributed by atoms with Gasteiger partial charge in [0.05, 0.1) is 12.8 Å². The first-order valence-electron chi connectivity index (χ1n) is 6.47. The van der Waals surface area contributed by atoms with E-state index in [9.17, 15) is 4.79 Å². The summed E-state index contributed by atoms with van der Waals surface area (Å²) in [6.07, 6.45) is 3.22. The summed E-state index contributed by atoms with van der Waals surface area (Å²) in [6, 6.07) is 7.76. The summed E-state index contributed by atoms with van der Waals surface area (Å²) < 4.78 is 5.21. The van der Waals surface area contributed by atoms with E-state index in [1.807, 2.05) is 37.4 Å². The topological polar surface area (TPSA) is 55.0 Å². The Kier molecular flexibility index (Phi) is 4.84. The molecule has 0 radical (unpaired) electrons. The second kappa shape index (κ2) is 6.61. The van der Waals surface area contributed by atoms with Crippen molar-refractivity contribution in [3.05, 3.63) is 51.4 Å². The fraction of sp³-hybridized carbons (Fsp3) is 0.333. The van der Waals surface area contributed by atoms with Crippen LogP contribution in [0.15, 0.2) is 34.2 Å². The minimum absolute atomic E-state index is 0.0518. The average Bonchev–Trinajstić information content (AvgIpc) is 2.49. The number of hydrogen-bond acceptors (Lipinski definition) is 4. The zero-order chi connectivity index (χ0) is 14.5. The van der Waals surface area contributed by atoms with Gasteiger partial charge in [-0.3, -0.25) is 4.79 Å². The Morgan fingerprint density at radius 3 is 2.85 bits per heavy atom. The van der Waals surface area contributed by atoms with Crippen LogP contribution in [0.1, 0.15) is 23.7 Å². The number of hydrogen-bond donors (Lipinski definition) is 1. The van der Waals surface area contributed by atoms with Gasteiger partial charge in [0.2, 0.25) is 0 Å². The number of aryl methyl sites for hydroxylation is 1. The number of benzene rings is 1. The molecule has 0 aliphatic heterocycles. The Bertz CT molecular complexity index is 653. The van der Waals surface area contributed by atoms with Crippen molar-refractivity contribution in [1.29, 1.82) is 0 Å². The standard InChI is InChI=1S/C15H18N2O2S/c1-4-13-12(14(18)17-15(16-13)20-3)9-10-6-5-7-11(8-10)19-2/h5-8H,4,9H2,1-3H3,(H,16,17,18). The molecule has 0 saturated carbocycles. The van der Waals surface area contributed by atoms with Crippen LogP contribution in [-0.4, -0.2) is 23.3 Å². The average molecular weight is 290 g/mol. The molecule has 1 aromatic heterocycles. The lowest BCUT2D eigenvalue weighted by atomic mass is 10.0. The first kappa shape index (κ1) is 14.7. The Morgan fingerprint density at radius 2 is 2.20 bits per heavy atom. The molecular formula is C15H18N2O2S. The van der Waals surface area contributed by atoms with Crippen molar-refractivity contribution in [2.45, 2.75) is 24.9 Å². The third kappa shape index (κ3) is 3.22. The Labute approximate surface area is 122 Å². The van der Waals surface area contributed by atoms with Crippen molar-refractivity contribution >= 4 is 11.8 Å². The number of aromatic nitrogens is 2. The highest BCUT2D eigenvalue weighted by molar-refractivity contribution is 7.98. The van der Waals surface area contributed by atoms with Gasteiger partial charge >= 0.3 is 0 Å². The van der Waals surface area contributed by atoms with Crippen molar-refractivity contribution in [3.63, 3.8) is 0 Å². The quantitative estimate of drug-likeness (QED) is 0.679. The van der Waals surface area contributed by atoms with E-state index in [1.165, 1.54) is 11.8 Å². The molecule has 1 aromatic carbocycles. The maximum absolute atomic E-state index is 12.2. The first-order chi connectivity index (χ1) is 9.67. The Balaban J connectivity index is 2.39. The molecule has 2 rings (SSSR count). The van der Waals surface area contributed by atoms with Crippen LogP contribution in [0.4, 0.5) is 0 Å². The van der Waals surface area contributed by atoms with Crippen molar-refractivity contribution < 1.29 is 4.74 Å². The van der Waals surface area contributed by atoms with Crippen LogP contribution >= 0.6 is 11.8 Å². The van der Waals surface area contributed by atoms with Crippen molar-refractivity contribution in [3.8, 4) is 5.75 Å². The smallest absolute Gasteiger partial charge is 0.255 e. The second-order valence-corrected chi connectivity index (χ2v) is 5.18. The molecule has 4 nitrogen and oxygen atoms in total. The summed E-state index contributed by atoms with van der Waals surface area (Å²) in [5, 5.41) is 0.668. The van der Waals surface area contributed by atoms with Crippen molar-refractivity contribution in [2.24, 2.45) is 0 Å². The largest absolute Gasteiger partial charge is 0.497 e. The number of thioether (sulfide) groups is 1. The number of H-pyrrole nitrogens is 1. The molecule has 0 aliphatic rings. The van der Waals surface area contributed by atoms with E-state index >= 15 is 0 Å². The van der Waals surface area contributed by atoms with Crippen LogP contribution in [0.3, 0.4) is 0 Å². The predicted molar refractivity (Wildman–Crippen MR) is 81.8 cm³/mol. The van der Waals surface area contributed by atoms with E-state index in [1.54, 1.807) is 7.11 Å². The molecule has 0 fully saturated rings. The maximum Gasteiger partial charge on any atom is 0.255 e. The van der Waals surface area contributed by atoms with E-state index in [-0.39, 0.29) is 5.56 Å². The zero-order valence-electron chi connectivity index (χ0n) is 11.9. The van der Waals surface area contributed by atoms with E-state index in [0.29, 0.717) is 11.6 Å². The van der Waals surface area contributed by atoms with Crippen LogP contribution in [0, 0.1) is 0 Å². The summed E-state index contributed by atoms with van der Waals surface area (Å²) in [4.78, 5) is 19.5. The molecule has 0 aliphatic carbocycles.